The SMILES string of the molecule is CNC(CN1CCCC(OC)C1)c1ccc(C)cc1C. The molecule has 1 fully saturated rings. The van der Waals surface area contributed by atoms with Crippen LogP contribution in [0.3, 0.4) is 0 Å². The number of nitrogens with one attached hydrogen (secondary N) is 1. The molecule has 2 rings (SSSR count). The Morgan fingerprint density at radius 3 is 2.85 bits per heavy atom. The van der Waals surface area contributed by atoms with E-state index >= 15 is 0 Å². The topological polar surface area (TPSA) is 24.5 Å². The minimum absolute atomic E-state index is 0.395. The van der Waals surface area contributed by atoms with Crippen LogP contribution in [0.5, 0.6) is 0 Å². The molecular weight excluding hydrogens is 248 g/mol. The quantitative estimate of drug-likeness (QED) is 0.895. The summed E-state index contributed by atoms with van der Waals surface area (Å²) in [6.45, 7) is 7.66. The molecule has 1 aromatic rings. The molecule has 2 atom stereocenters. The Balaban J connectivity index is 2.04. The number of ether oxygens (including phenoxy) is 1. The van der Waals surface area contributed by atoms with Gasteiger partial charge in [-0.25, -0.2) is 0 Å². The van der Waals surface area contributed by atoms with E-state index in [0.29, 0.717) is 12.1 Å². The highest BCUT2D eigenvalue weighted by molar-refractivity contribution is 5.33. The molecule has 2 unspecified atom stereocenters. The maximum atomic E-state index is 5.52. The Labute approximate surface area is 123 Å². The molecule has 1 aliphatic rings. The van der Waals surface area contributed by atoms with E-state index in [0.717, 1.165) is 13.1 Å². The van der Waals surface area contributed by atoms with Crippen molar-refractivity contribution in [1.29, 1.82) is 0 Å². The number of aryl methyl sites for hydroxylation is 2. The Morgan fingerprint density at radius 2 is 2.20 bits per heavy atom. The van der Waals surface area contributed by atoms with Crippen molar-refractivity contribution in [2.75, 3.05) is 33.8 Å². The summed E-state index contributed by atoms with van der Waals surface area (Å²) in [4.78, 5) is 2.53. The zero-order valence-electron chi connectivity index (χ0n) is 13.3. The zero-order valence-corrected chi connectivity index (χ0v) is 13.3. The molecule has 1 aromatic carbocycles. The third kappa shape index (κ3) is 3.81. The molecule has 0 radical (unpaired) electrons. The van der Waals surface area contributed by atoms with Gasteiger partial charge in [-0.05, 0) is 51.4 Å². The third-order valence-electron chi connectivity index (χ3n) is 4.39. The second kappa shape index (κ2) is 7.21. The minimum atomic E-state index is 0.395. The molecule has 20 heavy (non-hydrogen) atoms. The zero-order chi connectivity index (χ0) is 14.5. The summed E-state index contributed by atoms with van der Waals surface area (Å²) in [5.41, 5.74) is 4.13. The third-order valence-corrected chi connectivity index (χ3v) is 4.39. The smallest absolute Gasteiger partial charge is 0.0698 e. The van der Waals surface area contributed by atoms with Gasteiger partial charge >= 0.3 is 0 Å². The van der Waals surface area contributed by atoms with Crippen molar-refractivity contribution in [3.05, 3.63) is 34.9 Å². The average Bonchev–Trinajstić information content (AvgIpc) is 2.45. The van der Waals surface area contributed by atoms with Crippen molar-refractivity contribution < 1.29 is 4.74 Å². The summed E-state index contributed by atoms with van der Waals surface area (Å²) in [6, 6.07) is 7.14. The first-order valence-electron chi connectivity index (χ1n) is 7.63. The maximum absolute atomic E-state index is 5.52. The van der Waals surface area contributed by atoms with Crippen LogP contribution in [0.1, 0.15) is 35.6 Å². The van der Waals surface area contributed by atoms with Crippen molar-refractivity contribution in [3.63, 3.8) is 0 Å². The Bertz CT molecular complexity index is 433. The lowest BCUT2D eigenvalue weighted by atomic mass is 9.98. The molecule has 0 spiro atoms. The lowest BCUT2D eigenvalue weighted by Crippen LogP contribution is -2.43. The lowest BCUT2D eigenvalue weighted by Gasteiger charge is -2.34. The second-order valence-corrected chi connectivity index (χ2v) is 5.96. The number of hydrogen-bond donors (Lipinski definition) is 1. The predicted octanol–water partition coefficient (Wildman–Crippen LogP) is 2.67. The molecule has 1 heterocycles. The fraction of sp³-hybridized carbons (Fsp3) is 0.647. The fourth-order valence-corrected chi connectivity index (χ4v) is 3.19. The lowest BCUT2D eigenvalue weighted by molar-refractivity contribution is 0.0283. The van der Waals surface area contributed by atoms with Crippen LogP contribution >= 0.6 is 0 Å². The van der Waals surface area contributed by atoms with Crippen LogP contribution in [-0.2, 0) is 4.74 Å². The predicted molar refractivity (Wildman–Crippen MR) is 84.2 cm³/mol. The van der Waals surface area contributed by atoms with Gasteiger partial charge in [0.15, 0.2) is 0 Å². The number of likely N-dealkylation sites (tertiary alicyclic amines) is 1. The van der Waals surface area contributed by atoms with Crippen molar-refractivity contribution in [2.24, 2.45) is 0 Å². The highest BCUT2D eigenvalue weighted by atomic mass is 16.5. The number of piperidine rings is 1. The maximum Gasteiger partial charge on any atom is 0.0698 e. The van der Waals surface area contributed by atoms with E-state index in [2.05, 4.69) is 49.3 Å². The van der Waals surface area contributed by atoms with Gasteiger partial charge in [-0.2, -0.15) is 0 Å². The summed E-state index contributed by atoms with van der Waals surface area (Å²) in [5, 5.41) is 3.48. The molecule has 1 N–H and O–H groups in total. The number of rotatable bonds is 5. The number of likely N-dealkylation sites (N-methyl/N-ethyl adjacent to an activating group) is 1. The molecule has 3 nitrogen and oxygen atoms in total. The minimum Gasteiger partial charge on any atom is -0.380 e. The summed E-state index contributed by atoms with van der Waals surface area (Å²) in [7, 11) is 3.88. The van der Waals surface area contributed by atoms with Gasteiger partial charge < -0.3 is 10.1 Å². The molecule has 3 heteroatoms. The summed E-state index contributed by atoms with van der Waals surface area (Å²) in [6.07, 6.45) is 2.84. The van der Waals surface area contributed by atoms with E-state index < -0.39 is 0 Å². The van der Waals surface area contributed by atoms with Gasteiger partial charge in [-0.15, -0.1) is 0 Å². The Kier molecular flexibility index (Phi) is 5.58. The first-order valence-corrected chi connectivity index (χ1v) is 7.63. The molecule has 1 saturated heterocycles. The molecule has 0 amide bonds. The van der Waals surface area contributed by atoms with Crippen LogP contribution in [0.25, 0.3) is 0 Å². The van der Waals surface area contributed by atoms with Crippen molar-refractivity contribution >= 4 is 0 Å². The van der Waals surface area contributed by atoms with E-state index in [1.807, 2.05) is 7.11 Å². The molecular formula is C17H28N2O. The highest BCUT2D eigenvalue weighted by Crippen LogP contribution is 2.22. The van der Waals surface area contributed by atoms with E-state index in [9.17, 15) is 0 Å². The summed E-state index contributed by atoms with van der Waals surface area (Å²) in [5.74, 6) is 0. The van der Waals surface area contributed by atoms with Gasteiger partial charge in [0.05, 0.1) is 6.10 Å². The summed E-state index contributed by atoms with van der Waals surface area (Å²) >= 11 is 0. The van der Waals surface area contributed by atoms with Crippen LogP contribution in [0.15, 0.2) is 18.2 Å². The molecule has 0 bridgehead atoms. The van der Waals surface area contributed by atoms with Crippen LogP contribution in [-0.4, -0.2) is 44.8 Å². The van der Waals surface area contributed by atoms with Gasteiger partial charge in [0.2, 0.25) is 0 Å². The Hall–Kier alpha value is -0.900. The molecule has 1 aliphatic heterocycles. The Morgan fingerprint density at radius 1 is 1.40 bits per heavy atom. The van der Waals surface area contributed by atoms with Gasteiger partial charge in [-0.3, -0.25) is 4.90 Å². The summed E-state index contributed by atoms with van der Waals surface area (Å²) < 4.78 is 5.52. The van der Waals surface area contributed by atoms with Crippen molar-refractivity contribution in [1.82, 2.24) is 10.2 Å². The monoisotopic (exact) mass is 276 g/mol. The average molecular weight is 276 g/mol. The van der Waals surface area contributed by atoms with Gasteiger partial charge in [0.1, 0.15) is 0 Å². The van der Waals surface area contributed by atoms with E-state index in [1.165, 1.54) is 36.1 Å². The molecule has 0 saturated carbocycles. The second-order valence-electron chi connectivity index (χ2n) is 5.96. The molecule has 0 aliphatic carbocycles. The normalized spacial score (nSPS) is 21.9. The van der Waals surface area contributed by atoms with Crippen molar-refractivity contribution in [2.45, 2.75) is 38.8 Å². The largest absolute Gasteiger partial charge is 0.380 e. The van der Waals surface area contributed by atoms with Gasteiger partial charge in [0.25, 0.3) is 0 Å². The van der Waals surface area contributed by atoms with Crippen LogP contribution < -0.4 is 5.32 Å². The van der Waals surface area contributed by atoms with Crippen LogP contribution in [0.2, 0.25) is 0 Å². The number of nitrogens with zero attached hydrogens (tertiary/aromatic N) is 1. The highest BCUT2D eigenvalue weighted by Gasteiger charge is 2.22. The van der Waals surface area contributed by atoms with Crippen LogP contribution in [0.4, 0.5) is 0 Å². The van der Waals surface area contributed by atoms with Crippen molar-refractivity contribution in [3.8, 4) is 0 Å². The number of hydrogen-bond acceptors (Lipinski definition) is 3. The van der Waals surface area contributed by atoms with E-state index in [1.54, 1.807) is 0 Å². The first kappa shape index (κ1) is 15.5. The molecule has 0 aromatic heterocycles. The van der Waals surface area contributed by atoms with Gasteiger partial charge in [-0.1, -0.05) is 23.8 Å². The first-order chi connectivity index (χ1) is 9.63. The standard InChI is InChI=1S/C17H28N2O/c1-13-7-8-16(14(2)10-13)17(18-3)12-19-9-5-6-15(11-19)20-4/h7-8,10,15,17-18H,5-6,9,11-12H2,1-4H3. The van der Waals surface area contributed by atoms with Crippen LogP contribution in [0, 0.1) is 13.8 Å². The number of benzene rings is 1. The van der Waals surface area contributed by atoms with Gasteiger partial charge in [0, 0.05) is 26.2 Å². The fourth-order valence-electron chi connectivity index (χ4n) is 3.19. The molecule has 112 valence electrons. The van der Waals surface area contributed by atoms with E-state index in [-0.39, 0.29) is 0 Å². The number of methoxy groups -OCH3 is 1. The van der Waals surface area contributed by atoms with E-state index in [4.69, 9.17) is 4.74 Å².